The van der Waals surface area contributed by atoms with Crippen molar-refractivity contribution < 1.29 is 67.7 Å². The van der Waals surface area contributed by atoms with Crippen LogP contribution in [0.3, 0.4) is 0 Å². The summed E-state index contributed by atoms with van der Waals surface area (Å²) in [4.78, 5) is 168. The number of carbonyl (C=O) groups excluding carboxylic acids is 11. The van der Waals surface area contributed by atoms with Crippen LogP contribution in [0, 0.1) is 11.8 Å². The Bertz CT molecular complexity index is 2440. The number of hydrogen-bond donors (Lipinski definition) is 16. The van der Waals surface area contributed by atoms with Crippen LogP contribution in [0.2, 0.25) is 0 Å². The van der Waals surface area contributed by atoms with Crippen molar-refractivity contribution in [2.45, 2.75) is 257 Å². The molecular formula is C62H112N16O14S. The van der Waals surface area contributed by atoms with Crippen molar-refractivity contribution in [2.24, 2.45) is 39.9 Å². The van der Waals surface area contributed by atoms with Crippen LogP contribution < -0.4 is 71.0 Å². The number of aromatic nitrogens is 2. The number of aromatic amines is 1. The average molecular weight is 1340 g/mol. The Kier molecular flexibility index (Phi) is 46.6. The molecule has 1 aromatic rings. The number of unbranched alkanes of at least 4 members (excludes halogenated alkanes) is 10. The minimum absolute atomic E-state index is 0.0351. The molecule has 0 aliphatic rings. The lowest BCUT2D eigenvalue weighted by Crippen LogP contribution is -2.59. The Labute approximate surface area is 552 Å². The van der Waals surface area contributed by atoms with Gasteiger partial charge in [0.1, 0.15) is 42.5 Å². The molecule has 30 nitrogen and oxygen atoms in total. The highest BCUT2D eigenvalue weighted by Crippen LogP contribution is 2.14. The summed E-state index contributed by atoms with van der Waals surface area (Å²) >= 11 is 1.40. The van der Waals surface area contributed by atoms with Crippen LogP contribution in [0.5, 0.6) is 0 Å². The molecule has 3 unspecified atom stereocenters. The monoisotopic (exact) mass is 1340 g/mol. The highest BCUT2D eigenvalue weighted by atomic mass is 32.2. The maximum atomic E-state index is 14.0. The molecule has 0 fully saturated rings. The lowest BCUT2D eigenvalue weighted by atomic mass is 9.93. The molecule has 0 aliphatic carbocycles. The van der Waals surface area contributed by atoms with Crippen molar-refractivity contribution >= 4 is 88.8 Å². The minimum atomic E-state index is -1.59. The number of Topliss-reactive ketones (excluding diaryl/α,β-unsaturated/α-hetero) is 2. The van der Waals surface area contributed by atoms with Gasteiger partial charge in [0.25, 0.3) is 0 Å². The molecule has 1 aromatic heterocycles. The zero-order valence-electron chi connectivity index (χ0n) is 56.2. The molecule has 1 heterocycles. The fourth-order valence-electron chi connectivity index (χ4n) is 9.48. The smallest absolute Gasteiger partial charge is 0.303 e. The fourth-order valence-corrected chi connectivity index (χ4v) is 9.95. The van der Waals surface area contributed by atoms with Crippen LogP contribution in [0.25, 0.3) is 0 Å². The number of aliphatic carboxylic acids is 1. The molecule has 31 heteroatoms. The third-order valence-electron chi connectivity index (χ3n) is 14.6. The number of carboxylic acids is 1. The number of hydrogen-bond acceptors (Lipinski definition) is 19. The van der Waals surface area contributed by atoms with Gasteiger partial charge in [0.2, 0.25) is 58.8 Å². The highest BCUT2D eigenvalue weighted by Gasteiger charge is 2.37. The maximum absolute atomic E-state index is 14.0. The SMILES string of the molecule is CCCCCCCCC.CSCCC(NC(=O)[C@H](CCCN=C(N)N)NC(=O)C(CCC(=O)O)NC(=O)[C@@H](NC(=O)CCCCCCCN[C@@H](CC(C)C)C(=O)C(=O)[C@H](Cc1cnc[nH]1)NC(=O)C(CC(N)=O)NC(=O)[C@H](CC(C)C)NN)[C@@H](C)O)C(=O)N[C@@H](C)C=O. The molecule has 10 atom stereocenters. The van der Waals surface area contributed by atoms with Gasteiger partial charge in [0.15, 0.2) is 5.96 Å². The van der Waals surface area contributed by atoms with Gasteiger partial charge in [-0.2, -0.15) is 11.8 Å². The van der Waals surface area contributed by atoms with E-state index in [0.29, 0.717) is 62.8 Å². The number of aliphatic hydroxyl groups is 1. The average Bonchev–Trinajstić information content (AvgIpc) is 1.83. The Morgan fingerprint density at radius 1 is 0.602 bits per heavy atom. The van der Waals surface area contributed by atoms with Gasteiger partial charge in [0, 0.05) is 37.7 Å². The summed E-state index contributed by atoms with van der Waals surface area (Å²) in [5, 5.41) is 40.8. The van der Waals surface area contributed by atoms with Gasteiger partial charge < -0.3 is 79.7 Å². The number of nitrogens with two attached hydrogens (primary N) is 4. The Morgan fingerprint density at radius 3 is 1.61 bits per heavy atom. The number of aliphatic hydroxyl groups excluding tert-OH is 1. The molecule has 0 radical (unpaired) electrons. The van der Waals surface area contributed by atoms with Crippen LogP contribution in [0.15, 0.2) is 17.5 Å². The summed E-state index contributed by atoms with van der Waals surface area (Å²) in [5.74, 6) is -3.86. The third kappa shape index (κ3) is 39.9. The predicted molar refractivity (Wildman–Crippen MR) is 356 cm³/mol. The van der Waals surface area contributed by atoms with Crippen LogP contribution in [-0.2, 0) is 64.0 Å². The maximum Gasteiger partial charge on any atom is 0.303 e. The predicted octanol–water partition coefficient (Wildman–Crippen LogP) is 0.610. The molecular weight excluding hydrogens is 1220 g/mol. The molecule has 93 heavy (non-hydrogen) atoms. The number of H-pyrrole nitrogens is 1. The van der Waals surface area contributed by atoms with E-state index in [-0.39, 0.29) is 62.9 Å². The number of guanidine groups is 1. The topological polar surface area (TPSA) is 499 Å². The second kappa shape index (κ2) is 50.4. The van der Waals surface area contributed by atoms with Gasteiger partial charge >= 0.3 is 5.97 Å². The zero-order chi connectivity index (χ0) is 70.4. The molecule has 1 rings (SSSR count). The van der Waals surface area contributed by atoms with Crippen molar-refractivity contribution in [3.63, 3.8) is 0 Å². The van der Waals surface area contributed by atoms with E-state index in [9.17, 15) is 67.7 Å². The first kappa shape index (κ1) is 85.9. The lowest BCUT2D eigenvalue weighted by Gasteiger charge is -2.27. The van der Waals surface area contributed by atoms with Gasteiger partial charge in [-0.3, -0.25) is 63.6 Å². The Hall–Kier alpha value is -7.09. The molecule has 0 spiro atoms. The summed E-state index contributed by atoms with van der Waals surface area (Å²) in [5.41, 5.74) is 19.1. The summed E-state index contributed by atoms with van der Waals surface area (Å²) in [7, 11) is 0. The van der Waals surface area contributed by atoms with Gasteiger partial charge in [-0.25, -0.2) is 10.4 Å². The van der Waals surface area contributed by atoms with E-state index in [0.717, 1.165) is 0 Å². The van der Waals surface area contributed by atoms with Crippen molar-refractivity contribution in [3.05, 3.63) is 18.2 Å². The van der Waals surface area contributed by atoms with Crippen molar-refractivity contribution in [2.75, 3.05) is 25.1 Å². The fraction of sp³-hybridized carbons (Fsp3) is 0.742. The number of hydrazine groups is 1. The first-order valence-electron chi connectivity index (χ1n) is 32.6. The van der Waals surface area contributed by atoms with Gasteiger partial charge in [0.05, 0.1) is 37.0 Å². The highest BCUT2D eigenvalue weighted by molar-refractivity contribution is 7.98. The van der Waals surface area contributed by atoms with Gasteiger partial charge in [-0.05, 0) is 95.6 Å². The van der Waals surface area contributed by atoms with Gasteiger partial charge in [-0.15, -0.1) is 0 Å². The largest absolute Gasteiger partial charge is 0.481 e. The molecule has 0 saturated carbocycles. The Balaban J connectivity index is 0.00000867. The number of carboxylic acid groups (broad SMARTS) is 1. The van der Waals surface area contributed by atoms with Crippen molar-refractivity contribution in [1.29, 1.82) is 0 Å². The summed E-state index contributed by atoms with van der Waals surface area (Å²) in [6.45, 7) is 15.0. The molecule has 0 bridgehead atoms. The van der Waals surface area contributed by atoms with Crippen LogP contribution in [0.4, 0.5) is 0 Å². The summed E-state index contributed by atoms with van der Waals surface area (Å²) < 4.78 is 0. The molecule has 530 valence electrons. The zero-order valence-corrected chi connectivity index (χ0v) is 57.1. The van der Waals surface area contributed by atoms with E-state index in [1.807, 2.05) is 27.7 Å². The summed E-state index contributed by atoms with van der Waals surface area (Å²) in [6, 6.07) is -11.3. The first-order valence-corrected chi connectivity index (χ1v) is 34.0. The van der Waals surface area contributed by atoms with E-state index in [2.05, 4.69) is 76.8 Å². The van der Waals surface area contributed by atoms with E-state index in [4.69, 9.17) is 23.0 Å². The number of rotatable bonds is 52. The Morgan fingerprint density at radius 2 is 1.10 bits per heavy atom. The number of amides is 8. The number of aliphatic imine (C=N–C) groups is 1. The first-order chi connectivity index (χ1) is 44.0. The number of nitrogens with one attached hydrogen (secondary N) is 10. The molecule has 0 aromatic carbocycles. The minimum Gasteiger partial charge on any atom is -0.481 e. The van der Waals surface area contributed by atoms with Crippen molar-refractivity contribution in [1.82, 2.24) is 57.9 Å². The third-order valence-corrected chi connectivity index (χ3v) is 15.2. The normalized spacial score (nSPS) is 14.3. The second-order valence-corrected chi connectivity index (χ2v) is 25.1. The van der Waals surface area contributed by atoms with Crippen molar-refractivity contribution in [3.8, 4) is 0 Å². The number of thioether (sulfide) groups is 1. The number of imidazole rings is 1. The molecule has 0 saturated heterocycles. The second-order valence-electron chi connectivity index (χ2n) is 24.1. The number of aldehydes is 1. The van der Waals surface area contributed by atoms with E-state index in [1.54, 1.807) is 6.26 Å². The van der Waals surface area contributed by atoms with Crippen LogP contribution in [-0.4, -0.2) is 183 Å². The van der Waals surface area contributed by atoms with Gasteiger partial charge in [-0.1, -0.05) is 106 Å². The standard InChI is InChI=1S/C53H92N16O14S.C9H20/c1-29(2)22-37(45(76)46(77)38(24-33-26-58-28-61-33)66-50(81)39(25-41(54)72)67-51(82)40(69-57)23-30(3)4)59-19-12-10-8-9-11-15-42(73)68-44(32(6)71)52(83)65-35(16-17-43(74)75)49(80)63-34(14-13-20-60-53(55)56)48(79)64-36(18-21-84-7)47(78)62-31(5)27-70;1-3-5-7-9-8-6-4-2/h26-32,34-40,44,59,69,71H,8-25,57H2,1-7H3,(H2,54,72)(H,58,61)(H,62,78)(H,63,80)(H,64,79)(H,65,83)(H,66,81)(H,67,82)(H,68,73)(H,74,75)(H4,55,56,60);3-9H2,1-2H3/t31-,32+,34-,35?,36?,37-,38-,39?,40-,44-;/m0./s1. The number of ketones is 2. The van der Waals surface area contributed by atoms with E-state index in [1.165, 1.54) is 83.1 Å². The summed E-state index contributed by atoms with van der Waals surface area (Å²) in [6.07, 6.45) is 15.2. The van der Waals surface area contributed by atoms with E-state index >= 15 is 0 Å². The van der Waals surface area contributed by atoms with E-state index < -0.39 is 145 Å². The molecule has 8 amide bonds. The lowest BCUT2D eigenvalue weighted by molar-refractivity contribution is -0.140. The van der Waals surface area contributed by atoms with Crippen LogP contribution >= 0.6 is 11.8 Å². The molecule has 0 aliphatic heterocycles. The quantitative estimate of drug-likeness (QED) is 0.00808. The number of nitrogens with zero attached hydrogens (tertiary/aromatic N) is 2. The molecule has 20 N–H and O–H groups in total. The number of carbonyl (C=O) groups is 12. The van der Waals surface area contributed by atoms with Crippen LogP contribution in [0.1, 0.15) is 196 Å². The number of primary amides is 1.